The summed E-state index contributed by atoms with van der Waals surface area (Å²) in [5.41, 5.74) is 4.29. The molecule has 0 amide bonds. The van der Waals surface area contributed by atoms with Crippen LogP contribution in [0.3, 0.4) is 0 Å². The van der Waals surface area contributed by atoms with Crippen LogP contribution in [0.4, 0.5) is 0 Å². The molecular formula is C28H41NO2. The Kier molecular flexibility index (Phi) is 8.40. The number of aryl methyl sites for hydroxylation is 2. The standard InChI is InChI=1S/C28H41NO2/c1-22-8-7-10-23(18-22)9-3-4-11-26-27-20-24(19-25(27)21-28(26)30)12-16-31-17-15-29-13-5-2-6-14-29/h4,7-8,10-11,18-19,25-28,30H,2-3,5-6,9,12-17,20-21H2,1H3/t25-,26+,27-,28+/m0/s1. The molecule has 0 bridgehead atoms. The van der Waals surface area contributed by atoms with Crippen molar-refractivity contribution in [2.75, 3.05) is 32.8 Å². The van der Waals surface area contributed by atoms with E-state index in [9.17, 15) is 5.11 Å². The van der Waals surface area contributed by atoms with Crippen molar-refractivity contribution in [2.24, 2.45) is 17.8 Å². The first-order chi connectivity index (χ1) is 15.2. The maximum atomic E-state index is 10.6. The highest BCUT2D eigenvalue weighted by molar-refractivity contribution is 5.23. The number of fused-ring (bicyclic) bond motifs is 1. The average molecular weight is 424 g/mol. The van der Waals surface area contributed by atoms with Crippen LogP contribution in [0.1, 0.15) is 56.1 Å². The molecule has 1 aromatic carbocycles. The van der Waals surface area contributed by atoms with Crippen molar-refractivity contribution in [1.82, 2.24) is 4.90 Å². The molecule has 1 saturated carbocycles. The minimum atomic E-state index is -0.177. The number of nitrogens with zero attached hydrogens (tertiary/aromatic N) is 1. The molecule has 31 heavy (non-hydrogen) atoms. The minimum Gasteiger partial charge on any atom is -0.392 e. The van der Waals surface area contributed by atoms with Gasteiger partial charge in [0.05, 0.1) is 19.3 Å². The number of benzene rings is 1. The summed E-state index contributed by atoms with van der Waals surface area (Å²) in [6, 6.07) is 8.78. The zero-order valence-electron chi connectivity index (χ0n) is 19.3. The number of allylic oxidation sites excluding steroid dienone is 2. The molecule has 4 atom stereocenters. The number of ether oxygens (including phenoxy) is 1. The molecule has 1 aliphatic heterocycles. The fourth-order valence-corrected chi connectivity index (χ4v) is 5.84. The summed E-state index contributed by atoms with van der Waals surface area (Å²) < 4.78 is 5.95. The van der Waals surface area contributed by atoms with Crippen molar-refractivity contribution in [1.29, 1.82) is 0 Å². The van der Waals surface area contributed by atoms with E-state index in [1.165, 1.54) is 43.5 Å². The molecule has 2 aliphatic carbocycles. The van der Waals surface area contributed by atoms with Crippen LogP contribution in [0.25, 0.3) is 0 Å². The molecular weight excluding hydrogens is 382 g/mol. The van der Waals surface area contributed by atoms with Crippen LogP contribution in [-0.2, 0) is 11.2 Å². The van der Waals surface area contributed by atoms with Gasteiger partial charge in [-0.25, -0.2) is 0 Å². The molecule has 3 nitrogen and oxygen atoms in total. The summed E-state index contributed by atoms with van der Waals surface area (Å²) in [7, 11) is 0. The third kappa shape index (κ3) is 6.54. The molecule has 170 valence electrons. The quantitative estimate of drug-likeness (QED) is 0.408. The molecule has 4 rings (SSSR count). The largest absolute Gasteiger partial charge is 0.392 e. The maximum absolute atomic E-state index is 10.6. The number of piperidine rings is 1. The molecule has 3 heteroatoms. The number of likely N-dealkylation sites (tertiary alicyclic amines) is 1. The van der Waals surface area contributed by atoms with Crippen LogP contribution >= 0.6 is 0 Å². The van der Waals surface area contributed by atoms with Gasteiger partial charge in [-0.2, -0.15) is 0 Å². The summed E-state index contributed by atoms with van der Waals surface area (Å²) in [5.74, 6) is 1.47. The van der Waals surface area contributed by atoms with E-state index in [-0.39, 0.29) is 6.10 Å². The van der Waals surface area contributed by atoms with Crippen molar-refractivity contribution < 1.29 is 9.84 Å². The van der Waals surface area contributed by atoms with E-state index in [0.29, 0.717) is 17.8 Å². The molecule has 0 unspecified atom stereocenters. The van der Waals surface area contributed by atoms with Gasteiger partial charge >= 0.3 is 0 Å². The predicted molar refractivity (Wildman–Crippen MR) is 128 cm³/mol. The smallest absolute Gasteiger partial charge is 0.0611 e. The first-order valence-corrected chi connectivity index (χ1v) is 12.6. The van der Waals surface area contributed by atoms with Crippen LogP contribution in [0.5, 0.6) is 0 Å². The molecule has 0 radical (unpaired) electrons. The number of rotatable bonds is 10. The highest BCUT2D eigenvalue weighted by atomic mass is 16.5. The van der Waals surface area contributed by atoms with Gasteiger partial charge in [-0.05, 0) is 82.4 Å². The van der Waals surface area contributed by atoms with Crippen molar-refractivity contribution in [3.05, 3.63) is 59.2 Å². The van der Waals surface area contributed by atoms with Crippen LogP contribution in [-0.4, -0.2) is 49.0 Å². The van der Waals surface area contributed by atoms with Gasteiger partial charge in [0.2, 0.25) is 0 Å². The maximum Gasteiger partial charge on any atom is 0.0611 e. The second kappa shape index (κ2) is 11.4. The van der Waals surface area contributed by atoms with Crippen molar-refractivity contribution >= 4 is 0 Å². The van der Waals surface area contributed by atoms with Crippen LogP contribution < -0.4 is 0 Å². The number of hydrogen-bond donors (Lipinski definition) is 1. The lowest BCUT2D eigenvalue weighted by molar-refractivity contribution is 0.0978. The van der Waals surface area contributed by atoms with Gasteiger partial charge in [-0.3, -0.25) is 0 Å². The van der Waals surface area contributed by atoms with Gasteiger partial charge in [0.25, 0.3) is 0 Å². The number of aliphatic hydroxyl groups is 1. The summed E-state index contributed by atoms with van der Waals surface area (Å²) in [6.07, 6.45) is 16.3. The lowest BCUT2D eigenvalue weighted by Crippen LogP contribution is -2.32. The lowest BCUT2D eigenvalue weighted by atomic mass is 9.89. The highest BCUT2D eigenvalue weighted by Gasteiger charge is 2.43. The fraction of sp³-hybridized carbons (Fsp3) is 0.643. The van der Waals surface area contributed by atoms with Crippen molar-refractivity contribution in [3.8, 4) is 0 Å². The molecule has 1 saturated heterocycles. The van der Waals surface area contributed by atoms with E-state index in [2.05, 4.69) is 54.3 Å². The predicted octanol–water partition coefficient (Wildman–Crippen LogP) is 5.32. The van der Waals surface area contributed by atoms with Crippen molar-refractivity contribution in [3.63, 3.8) is 0 Å². The van der Waals surface area contributed by atoms with E-state index in [1.807, 2.05) is 0 Å². The zero-order valence-corrected chi connectivity index (χ0v) is 19.3. The Balaban J connectivity index is 1.16. The van der Waals surface area contributed by atoms with E-state index in [4.69, 9.17) is 4.74 Å². The first-order valence-electron chi connectivity index (χ1n) is 12.6. The molecule has 0 spiro atoms. The Morgan fingerprint density at radius 3 is 2.84 bits per heavy atom. The van der Waals surface area contributed by atoms with E-state index < -0.39 is 0 Å². The number of aliphatic hydroxyl groups excluding tert-OH is 1. The van der Waals surface area contributed by atoms with Crippen molar-refractivity contribution in [2.45, 2.75) is 64.4 Å². The minimum absolute atomic E-state index is 0.177. The van der Waals surface area contributed by atoms with Gasteiger partial charge in [0.1, 0.15) is 0 Å². The van der Waals surface area contributed by atoms with E-state index in [1.54, 1.807) is 5.57 Å². The molecule has 1 heterocycles. The molecule has 3 aliphatic rings. The Hall–Kier alpha value is -1.42. The monoisotopic (exact) mass is 423 g/mol. The lowest BCUT2D eigenvalue weighted by Gasteiger charge is -2.26. The number of hydrogen-bond acceptors (Lipinski definition) is 3. The third-order valence-electron chi connectivity index (χ3n) is 7.56. The SMILES string of the molecule is Cc1cccc(CCC=C[C@@H]2[C@H]3CC(CCOCCN4CCCCC4)=C[C@H]3C[C@H]2O)c1. The van der Waals surface area contributed by atoms with Gasteiger partial charge in [-0.15, -0.1) is 0 Å². The second-order valence-electron chi connectivity index (χ2n) is 9.96. The molecule has 0 aromatic heterocycles. The Labute approximate surface area is 189 Å². The van der Waals surface area contributed by atoms with Gasteiger partial charge in [-0.1, -0.05) is 60.1 Å². The zero-order chi connectivity index (χ0) is 21.5. The average Bonchev–Trinajstić information content (AvgIpc) is 3.28. The van der Waals surface area contributed by atoms with Gasteiger partial charge in [0.15, 0.2) is 0 Å². The van der Waals surface area contributed by atoms with Crippen LogP contribution in [0.15, 0.2) is 48.1 Å². The van der Waals surface area contributed by atoms with E-state index >= 15 is 0 Å². The summed E-state index contributed by atoms with van der Waals surface area (Å²) >= 11 is 0. The Morgan fingerprint density at radius 2 is 2.00 bits per heavy atom. The highest BCUT2D eigenvalue weighted by Crippen LogP contribution is 2.47. The summed E-state index contributed by atoms with van der Waals surface area (Å²) in [4.78, 5) is 2.54. The van der Waals surface area contributed by atoms with Gasteiger partial charge < -0.3 is 14.7 Å². The van der Waals surface area contributed by atoms with E-state index in [0.717, 1.165) is 51.9 Å². The Bertz CT molecular complexity index is 749. The second-order valence-corrected chi connectivity index (χ2v) is 9.96. The molecule has 2 fully saturated rings. The summed E-state index contributed by atoms with van der Waals surface area (Å²) in [6.45, 7) is 7.45. The first kappa shape index (κ1) is 22.8. The summed E-state index contributed by atoms with van der Waals surface area (Å²) in [5, 5.41) is 10.6. The fourth-order valence-electron chi connectivity index (χ4n) is 5.84. The van der Waals surface area contributed by atoms with Crippen LogP contribution in [0.2, 0.25) is 0 Å². The topological polar surface area (TPSA) is 32.7 Å². The third-order valence-corrected chi connectivity index (χ3v) is 7.56. The Morgan fingerprint density at radius 1 is 1.13 bits per heavy atom. The van der Waals surface area contributed by atoms with Crippen LogP contribution in [0, 0.1) is 24.7 Å². The van der Waals surface area contributed by atoms with Gasteiger partial charge in [0, 0.05) is 12.5 Å². The molecule has 1 aromatic rings. The molecule has 1 N–H and O–H groups in total. The normalized spacial score (nSPS) is 28.9.